The van der Waals surface area contributed by atoms with Gasteiger partial charge in [-0.15, -0.1) is 0 Å². The van der Waals surface area contributed by atoms with Crippen molar-refractivity contribution in [2.45, 2.75) is 20.0 Å². The van der Waals surface area contributed by atoms with Gasteiger partial charge >= 0.3 is 0 Å². The molecule has 0 fully saturated rings. The van der Waals surface area contributed by atoms with Gasteiger partial charge in [0.1, 0.15) is 11.5 Å². The molecule has 8 heteroatoms. The molecule has 32 heavy (non-hydrogen) atoms. The highest BCUT2D eigenvalue weighted by Crippen LogP contribution is 2.29. The summed E-state index contributed by atoms with van der Waals surface area (Å²) in [7, 11) is 3.08. The summed E-state index contributed by atoms with van der Waals surface area (Å²) in [5.41, 5.74) is 4.82. The number of aryl methyl sites for hydroxylation is 1. The number of fused-ring (bicyclic) bond motifs is 1. The Hall–Kier alpha value is -3.91. The quantitative estimate of drug-likeness (QED) is 0.420. The molecule has 4 aromatic rings. The molecule has 164 valence electrons. The standard InChI is InChI=1S/C24H24N4O4/c1-13-5-6-16(25-24(30)15-9-17(31-3)12-18(10-15)32-4)11-20(13)21-8-7-19-22(14(2)29)27-28-23(19)26-21/h5-12,14,29H,1-4H3,(H,25,30)(H,26,27,28). The van der Waals surface area contributed by atoms with Crippen LogP contribution in [0.4, 0.5) is 5.69 Å². The van der Waals surface area contributed by atoms with Gasteiger partial charge in [0.25, 0.3) is 5.91 Å². The van der Waals surface area contributed by atoms with Crippen LogP contribution in [-0.4, -0.2) is 40.4 Å². The van der Waals surface area contributed by atoms with Crippen molar-refractivity contribution in [3.63, 3.8) is 0 Å². The van der Waals surface area contributed by atoms with Crippen molar-refractivity contribution in [3.05, 3.63) is 65.4 Å². The van der Waals surface area contributed by atoms with E-state index in [1.165, 1.54) is 14.2 Å². The third-order valence-electron chi connectivity index (χ3n) is 5.23. The maximum absolute atomic E-state index is 12.8. The molecule has 0 saturated heterocycles. The number of aliphatic hydroxyl groups excluding tert-OH is 1. The Morgan fingerprint density at radius 3 is 2.44 bits per heavy atom. The second-order valence-corrected chi connectivity index (χ2v) is 7.46. The Morgan fingerprint density at radius 1 is 1.06 bits per heavy atom. The summed E-state index contributed by atoms with van der Waals surface area (Å²) in [4.78, 5) is 17.5. The third kappa shape index (κ3) is 4.13. The van der Waals surface area contributed by atoms with Gasteiger partial charge in [-0.05, 0) is 55.8 Å². The van der Waals surface area contributed by atoms with Crippen molar-refractivity contribution in [1.82, 2.24) is 15.2 Å². The molecule has 0 bridgehead atoms. The Labute approximate surface area is 185 Å². The fourth-order valence-electron chi connectivity index (χ4n) is 3.51. The molecule has 0 aliphatic carbocycles. The lowest BCUT2D eigenvalue weighted by atomic mass is 10.0. The number of anilines is 1. The number of rotatable bonds is 6. The van der Waals surface area contributed by atoms with E-state index in [1.807, 2.05) is 37.3 Å². The van der Waals surface area contributed by atoms with E-state index in [-0.39, 0.29) is 5.91 Å². The molecule has 0 aliphatic heterocycles. The molecule has 1 unspecified atom stereocenters. The third-order valence-corrected chi connectivity index (χ3v) is 5.23. The highest BCUT2D eigenvalue weighted by atomic mass is 16.5. The van der Waals surface area contributed by atoms with Gasteiger partial charge in [0, 0.05) is 28.3 Å². The van der Waals surface area contributed by atoms with Crippen LogP contribution in [0.5, 0.6) is 11.5 Å². The first-order valence-electron chi connectivity index (χ1n) is 10.1. The van der Waals surface area contributed by atoms with Crippen LogP contribution in [-0.2, 0) is 0 Å². The van der Waals surface area contributed by atoms with Crippen molar-refractivity contribution >= 4 is 22.6 Å². The van der Waals surface area contributed by atoms with E-state index in [9.17, 15) is 9.90 Å². The van der Waals surface area contributed by atoms with Crippen LogP contribution in [0.15, 0.2) is 48.5 Å². The zero-order valence-corrected chi connectivity index (χ0v) is 18.3. The molecule has 2 heterocycles. The summed E-state index contributed by atoms with van der Waals surface area (Å²) in [5, 5.41) is 20.6. The number of H-pyrrole nitrogens is 1. The molecule has 1 amide bonds. The van der Waals surface area contributed by atoms with Crippen LogP contribution < -0.4 is 14.8 Å². The van der Waals surface area contributed by atoms with Gasteiger partial charge < -0.3 is 19.9 Å². The number of ether oxygens (including phenoxy) is 2. The zero-order chi connectivity index (χ0) is 22.8. The minimum Gasteiger partial charge on any atom is -0.497 e. The fraction of sp³-hybridized carbons (Fsp3) is 0.208. The van der Waals surface area contributed by atoms with E-state index in [0.717, 1.165) is 22.2 Å². The van der Waals surface area contributed by atoms with Crippen molar-refractivity contribution in [1.29, 1.82) is 0 Å². The number of nitrogens with one attached hydrogen (secondary N) is 2. The number of hydrogen-bond acceptors (Lipinski definition) is 6. The number of amides is 1. The van der Waals surface area contributed by atoms with Gasteiger partial charge in [-0.3, -0.25) is 9.89 Å². The normalized spacial score (nSPS) is 11.9. The fourth-order valence-corrected chi connectivity index (χ4v) is 3.51. The molecule has 2 aromatic heterocycles. The molecule has 2 aromatic carbocycles. The number of pyridine rings is 1. The van der Waals surface area contributed by atoms with Crippen molar-refractivity contribution in [3.8, 4) is 22.8 Å². The van der Waals surface area contributed by atoms with Gasteiger partial charge in [0.15, 0.2) is 5.65 Å². The molecule has 8 nitrogen and oxygen atoms in total. The van der Waals surface area contributed by atoms with E-state index >= 15 is 0 Å². The minimum absolute atomic E-state index is 0.282. The summed E-state index contributed by atoms with van der Waals surface area (Å²) in [6.07, 6.45) is -0.688. The van der Waals surface area contributed by atoms with E-state index in [0.29, 0.717) is 34.1 Å². The van der Waals surface area contributed by atoms with Gasteiger partial charge in [0.2, 0.25) is 0 Å². The van der Waals surface area contributed by atoms with Crippen LogP contribution in [0.2, 0.25) is 0 Å². The monoisotopic (exact) mass is 432 g/mol. The number of aromatic nitrogens is 3. The van der Waals surface area contributed by atoms with Gasteiger partial charge in [-0.1, -0.05) is 6.07 Å². The summed E-state index contributed by atoms with van der Waals surface area (Å²) < 4.78 is 10.5. The number of nitrogens with zero attached hydrogens (tertiary/aromatic N) is 2. The van der Waals surface area contributed by atoms with Crippen LogP contribution in [0.3, 0.4) is 0 Å². The maximum Gasteiger partial charge on any atom is 0.255 e. The number of benzene rings is 2. The number of carbonyl (C=O) groups excluding carboxylic acids is 1. The summed E-state index contributed by atoms with van der Waals surface area (Å²) in [6, 6.07) is 14.4. The minimum atomic E-state index is -0.688. The first kappa shape index (κ1) is 21.3. The van der Waals surface area contributed by atoms with Crippen molar-refractivity contribution in [2.75, 3.05) is 19.5 Å². The van der Waals surface area contributed by atoms with Crippen LogP contribution in [0, 0.1) is 6.92 Å². The SMILES string of the molecule is COc1cc(OC)cc(C(=O)Nc2ccc(C)c(-c3ccc4c(C(C)O)n[nH]c4n3)c2)c1. The lowest BCUT2D eigenvalue weighted by molar-refractivity contribution is 0.102. The largest absolute Gasteiger partial charge is 0.497 e. The number of aliphatic hydroxyl groups is 1. The average Bonchev–Trinajstić information content (AvgIpc) is 3.23. The van der Waals surface area contributed by atoms with Gasteiger partial charge in [-0.25, -0.2) is 4.98 Å². The van der Waals surface area contributed by atoms with Crippen molar-refractivity contribution in [2.24, 2.45) is 0 Å². The predicted octanol–water partition coefficient (Wildman–Crippen LogP) is 4.26. The van der Waals surface area contributed by atoms with Crippen LogP contribution in [0.1, 0.15) is 34.6 Å². The topological polar surface area (TPSA) is 109 Å². The Kier molecular flexibility index (Phi) is 5.79. The second kappa shape index (κ2) is 8.68. The number of methoxy groups -OCH3 is 2. The molecular weight excluding hydrogens is 408 g/mol. The summed E-state index contributed by atoms with van der Waals surface area (Å²) in [6.45, 7) is 3.64. The van der Waals surface area contributed by atoms with E-state index in [1.54, 1.807) is 25.1 Å². The first-order chi connectivity index (χ1) is 15.4. The Balaban J connectivity index is 1.65. The van der Waals surface area contributed by atoms with E-state index in [4.69, 9.17) is 9.47 Å². The Bertz CT molecular complexity index is 1270. The van der Waals surface area contributed by atoms with Crippen LogP contribution >= 0.6 is 0 Å². The molecule has 1 atom stereocenters. The average molecular weight is 432 g/mol. The smallest absolute Gasteiger partial charge is 0.255 e. The number of carbonyl (C=O) groups is 1. The Morgan fingerprint density at radius 2 is 1.78 bits per heavy atom. The van der Waals surface area contributed by atoms with E-state index in [2.05, 4.69) is 20.5 Å². The zero-order valence-electron chi connectivity index (χ0n) is 18.3. The molecule has 0 radical (unpaired) electrons. The highest BCUT2D eigenvalue weighted by Gasteiger charge is 2.15. The lowest BCUT2D eigenvalue weighted by Crippen LogP contribution is -2.12. The van der Waals surface area contributed by atoms with Gasteiger partial charge in [0.05, 0.1) is 31.7 Å². The van der Waals surface area contributed by atoms with E-state index < -0.39 is 6.10 Å². The van der Waals surface area contributed by atoms with Gasteiger partial charge in [-0.2, -0.15) is 5.10 Å². The predicted molar refractivity (Wildman–Crippen MR) is 122 cm³/mol. The molecule has 0 saturated carbocycles. The molecule has 0 aliphatic rings. The highest BCUT2D eigenvalue weighted by molar-refractivity contribution is 6.05. The number of hydrogen-bond donors (Lipinski definition) is 3. The van der Waals surface area contributed by atoms with Crippen molar-refractivity contribution < 1.29 is 19.4 Å². The maximum atomic E-state index is 12.8. The second-order valence-electron chi connectivity index (χ2n) is 7.46. The number of aromatic amines is 1. The summed E-state index contributed by atoms with van der Waals surface area (Å²) in [5.74, 6) is 0.788. The lowest BCUT2D eigenvalue weighted by Gasteiger charge is -2.12. The van der Waals surface area contributed by atoms with Crippen LogP contribution in [0.25, 0.3) is 22.3 Å². The molecule has 0 spiro atoms. The molecule has 4 rings (SSSR count). The molecule has 3 N–H and O–H groups in total. The summed E-state index contributed by atoms with van der Waals surface area (Å²) >= 11 is 0. The molecular formula is C24H24N4O4. The first-order valence-corrected chi connectivity index (χ1v) is 10.1.